The Morgan fingerprint density at radius 1 is 1.11 bits per heavy atom. The summed E-state index contributed by atoms with van der Waals surface area (Å²) >= 11 is 0. The number of rotatable bonds is 7. The summed E-state index contributed by atoms with van der Waals surface area (Å²) in [6.45, 7) is 3.61. The SMILES string of the molecule is CC(=O)c1ccc(OCc2cc(C(=O)N(C)[C@@H](C)c3ccccc3)no2)cc1. The number of benzene rings is 2. The molecule has 1 amide bonds. The molecule has 6 heteroatoms. The van der Waals surface area contributed by atoms with Gasteiger partial charge in [0.15, 0.2) is 17.2 Å². The van der Waals surface area contributed by atoms with Crippen molar-refractivity contribution in [1.29, 1.82) is 0 Å². The van der Waals surface area contributed by atoms with Crippen molar-refractivity contribution >= 4 is 11.7 Å². The number of Topliss-reactive ketones (excluding diaryl/α,β-unsaturated/α-hetero) is 1. The van der Waals surface area contributed by atoms with Crippen molar-refractivity contribution in [3.05, 3.63) is 83.2 Å². The Kier molecular flexibility index (Phi) is 5.89. The number of nitrogens with zero attached hydrogens (tertiary/aromatic N) is 2. The maximum atomic E-state index is 12.7. The highest BCUT2D eigenvalue weighted by atomic mass is 16.5. The van der Waals surface area contributed by atoms with Gasteiger partial charge in [-0.1, -0.05) is 35.5 Å². The van der Waals surface area contributed by atoms with Crippen molar-refractivity contribution in [1.82, 2.24) is 10.1 Å². The van der Waals surface area contributed by atoms with Gasteiger partial charge in [-0.05, 0) is 43.7 Å². The summed E-state index contributed by atoms with van der Waals surface area (Å²) in [6, 6.07) is 18.1. The lowest BCUT2D eigenvalue weighted by atomic mass is 10.1. The van der Waals surface area contributed by atoms with Gasteiger partial charge in [-0.2, -0.15) is 0 Å². The van der Waals surface area contributed by atoms with Crippen molar-refractivity contribution in [2.24, 2.45) is 0 Å². The van der Waals surface area contributed by atoms with E-state index < -0.39 is 0 Å². The number of hydrogen-bond donors (Lipinski definition) is 0. The van der Waals surface area contributed by atoms with Crippen LogP contribution in [0.5, 0.6) is 5.75 Å². The van der Waals surface area contributed by atoms with Crippen LogP contribution >= 0.6 is 0 Å². The van der Waals surface area contributed by atoms with Crippen molar-refractivity contribution in [3.63, 3.8) is 0 Å². The van der Waals surface area contributed by atoms with Gasteiger partial charge in [0.2, 0.25) is 0 Å². The normalized spacial score (nSPS) is 11.7. The molecule has 0 spiro atoms. The third-order valence-corrected chi connectivity index (χ3v) is 4.60. The van der Waals surface area contributed by atoms with E-state index in [2.05, 4.69) is 5.16 Å². The largest absolute Gasteiger partial charge is 0.486 e. The summed E-state index contributed by atoms with van der Waals surface area (Å²) < 4.78 is 10.9. The lowest BCUT2D eigenvalue weighted by molar-refractivity contribution is 0.0731. The van der Waals surface area contributed by atoms with E-state index in [9.17, 15) is 9.59 Å². The fraction of sp³-hybridized carbons (Fsp3) is 0.227. The van der Waals surface area contributed by atoms with Crippen molar-refractivity contribution in [2.45, 2.75) is 26.5 Å². The molecule has 3 rings (SSSR count). The van der Waals surface area contributed by atoms with Gasteiger partial charge in [-0.25, -0.2) is 0 Å². The van der Waals surface area contributed by atoms with Crippen LogP contribution in [-0.4, -0.2) is 28.8 Å². The molecular weight excluding hydrogens is 356 g/mol. The molecule has 0 unspecified atom stereocenters. The molecule has 0 aliphatic rings. The molecule has 1 heterocycles. The van der Waals surface area contributed by atoms with E-state index in [1.54, 1.807) is 42.3 Å². The molecule has 1 aromatic heterocycles. The standard InChI is InChI=1S/C22H22N2O4/c1-15(17-7-5-4-6-8-17)24(3)22(26)21-13-20(28-23-21)14-27-19-11-9-18(10-12-19)16(2)25/h4-13,15H,14H2,1-3H3/t15-/m0/s1. The van der Waals surface area contributed by atoms with Crippen LogP contribution in [0.25, 0.3) is 0 Å². The van der Waals surface area contributed by atoms with Crippen LogP contribution in [-0.2, 0) is 6.61 Å². The molecule has 0 saturated carbocycles. The molecule has 0 saturated heterocycles. The molecule has 0 aliphatic carbocycles. The molecule has 144 valence electrons. The van der Waals surface area contributed by atoms with Gasteiger partial charge in [0.25, 0.3) is 5.91 Å². The summed E-state index contributed by atoms with van der Waals surface area (Å²) in [5.74, 6) is 0.819. The van der Waals surface area contributed by atoms with Gasteiger partial charge in [0.05, 0.1) is 6.04 Å². The minimum absolute atomic E-state index is 0.00112. The number of ketones is 1. The molecule has 0 bridgehead atoms. The maximum Gasteiger partial charge on any atom is 0.276 e. The molecule has 0 N–H and O–H groups in total. The molecule has 0 aliphatic heterocycles. The zero-order chi connectivity index (χ0) is 20.1. The Labute approximate surface area is 163 Å². The highest BCUT2D eigenvalue weighted by Gasteiger charge is 2.22. The number of aromatic nitrogens is 1. The van der Waals surface area contributed by atoms with E-state index in [0.29, 0.717) is 17.1 Å². The minimum Gasteiger partial charge on any atom is -0.486 e. The molecule has 28 heavy (non-hydrogen) atoms. The monoisotopic (exact) mass is 378 g/mol. The van der Waals surface area contributed by atoms with E-state index in [1.807, 2.05) is 37.3 Å². The summed E-state index contributed by atoms with van der Waals surface area (Å²) in [6.07, 6.45) is 0. The highest BCUT2D eigenvalue weighted by molar-refractivity contribution is 5.94. The van der Waals surface area contributed by atoms with Gasteiger partial charge in [0, 0.05) is 18.7 Å². The number of amides is 1. The van der Waals surface area contributed by atoms with Crippen LogP contribution < -0.4 is 4.74 Å². The van der Waals surface area contributed by atoms with E-state index >= 15 is 0 Å². The Bertz CT molecular complexity index is 948. The second-order valence-electron chi connectivity index (χ2n) is 6.55. The number of ether oxygens (including phenoxy) is 1. The van der Waals surface area contributed by atoms with Gasteiger partial charge < -0.3 is 14.2 Å². The first-order chi connectivity index (χ1) is 13.5. The van der Waals surface area contributed by atoms with Crippen LogP contribution in [0.2, 0.25) is 0 Å². The van der Waals surface area contributed by atoms with Crippen LogP contribution in [0.4, 0.5) is 0 Å². The van der Waals surface area contributed by atoms with Crippen LogP contribution in [0.15, 0.2) is 65.2 Å². The minimum atomic E-state index is -0.225. The smallest absolute Gasteiger partial charge is 0.276 e. The van der Waals surface area contributed by atoms with Crippen LogP contribution in [0, 0.1) is 0 Å². The molecular formula is C22H22N2O4. The summed E-state index contributed by atoms with van der Waals surface area (Å²) in [5, 5.41) is 3.87. The Morgan fingerprint density at radius 2 is 1.79 bits per heavy atom. The molecule has 2 aromatic carbocycles. The second-order valence-corrected chi connectivity index (χ2v) is 6.55. The summed E-state index contributed by atoms with van der Waals surface area (Å²) in [5.41, 5.74) is 1.89. The first kappa shape index (κ1) is 19.4. The predicted octanol–water partition coefficient (Wildman–Crippen LogP) is 4.29. The van der Waals surface area contributed by atoms with Gasteiger partial charge in [0.1, 0.15) is 12.4 Å². The Morgan fingerprint density at radius 3 is 2.43 bits per heavy atom. The first-order valence-corrected chi connectivity index (χ1v) is 8.97. The van der Waals surface area contributed by atoms with Crippen molar-refractivity contribution in [2.75, 3.05) is 7.05 Å². The van der Waals surface area contributed by atoms with Gasteiger partial charge >= 0.3 is 0 Å². The lowest BCUT2D eigenvalue weighted by Crippen LogP contribution is -2.29. The quantitative estimate of drug-likeness (QED) is 0.574. The average Bonchev–Trinajstić information content (AvgIpc) is 3.20. The molecule has 0 fully saturated rings. The second kappa shape index (κ2) is 8.52. The fourth-order valence-electron chi connectivity index (χ4n) is 2.73. The summed E-state index contributed by atoms with van der Waals surface area (Å²) in [7, 11) is 1.74. The van der Waals surface area contributed by atoms with Gasteiger partial charge in [-0.3, -0.25) is 9.59 Å². The van der Waals surface area contributed by atoms with Gasteiger partial charge in [-0.15, -0.1) is 0 Å². The van der Waals surface area contributed by atoms with E-state index in [-0.39, 0.29) is 30.0 Å². The zero-order valence-electron chi connectivity index (χ0n) is 16.1. The first-order valence-electron chi connectivity index (χ1n) is 8.97. The fourth-order valence-corrected chi connectivity index (χ4v) is 2.73. The van der Waals surface area contributed by atoms with Crippen LogP contribution in [0.3, 0.4) is 0 Å². The zero-order valence-corrected chi connectivity index (χ0v) is 16.1. The highest BCUT2D eigenvalue weighted by Crippen LogP contribution is 2.21. The van der Waals surface area contributed by atoms with E-state index in [0.717, 1.165) is 5.56 Å². The maximum absolute atomic E-state index is 12.7. The summed E-state index contributed by atoms with van der Waals surface area (Å²) in [4.78, 5) is 25.6. The predicted molar refractivity (Wildman–Crippen MR) is 104 cm³/mol. The average molecular weight is 378 g/mol. The van der Waals surface area contributed by atoms with Crippen LogP contribution in [0.1, 0.15) is 52.1 Å². The van der Waals surface area contributed by atoms with E-state index in [4.69, 9.17) is 9.26 Å². The van der Waals surface area contributed by atoms with E-state index in [1.165, 1.54) is 6.92 Å². The molecule has 1 atom stereocenters. The number of carbonyl (C=O) groups excluding carboxylic acids is 2. The molecule has 0 radical (unpaired) electrons. The molecule has 3 aromatic rings. The Hall–Kier alpha value is -3.41. The molecule has 6 nitrogen and oxygen atoms in total. The lowest BCUT2D eigenvalue weighted by Gasteiger charge is -2.24. The van der Waals surface area contributed by atoms with Crippen molar-refractivity contribution in [3.8, 4) is 5.75 Å². The third-order valence-electron chi connectivity index (χ3n) is 4.60. The Balaban J connectivity index is 1.61. The number of carbonyl (C=O) groups is 2. The topological polar surface area (TPSA) is 72.6 Å². The van der Waals surface area contributed by atoms with Crippen molar-refractivity contribution < 1.29 is 18.8 Å². The third kappa shape index (κ3) is 4.46. The number of hydrogen-bond acceptors (Lipinski definition) is 5.